The van der Waals surface area contributed by atoms with E-state index in [1.54, 1.807) is 4.72 Å². The number of sulfonamides is 1. The van der Waals surface area contributed by atoms with Gasteiger partial charge in [-0.05, 0) is 36.4 Å². The van der Waals surface area contributed by atoms with Crippen molar-refractivity contribution in [2.24, 2.45) is 0 Å². The molecule has 0 radical (unpaired) electrons. The molecule has 0 aliphatic rings. The minimum absolute atomic E-state index is 0.186. The topological polar surface area (TPSA) is 63.2 Å². The van der Waals surface area contributed by atoms with Gasteiger partial charge in [0.1, 0.15) is 17.5 Å². The van der Waals surface area contributed by atoms with Crippen LogP contribution in [0.3, 0.4) is 0 Å². The number of hydrogen-bond acceptors (Lipinski definition) is 3. The molecule has 0 saturated heterocycles. The van der Waals surface area contributed by atoms with Crippen molar-refractivity contribution in [3.05, 3.63) is 75.4 Å². The van der Waals surface area contributed by atoms with Gasteiger partial charge in [-0.2, -0.15) is 0 Å². The zero-order chi connectivity index (χ0) is 17.9. The molecule has 126 valence electrons. The van der Waals surface area contributed by atoms with Gasteiger partial charge in [-0.1, -0.05) is 11.6 Å². The van der Waals surface area contributed by atoms with Crippen LogP contribution in [0.4, 0.5) is 13.2 Å². The van der Waals surface area contributed by atoms with Crippen LogP contribution in [0.2, 0.25) is 5.02 Å². The molecular weight excluding hydrogens is 367 g/mol. The highest BCUT2D eigenvalue weighted by molar-refractivity contribution is 7.93. The van der Waals surface area contributed by atoms with Crippen LogP contribution in [0, 0.1) is 17.5 Å². The molecule has 0 atom stereocenters. The largest absolute Gasteiger partial charge is 0.268 e. The first kappa shape index (κ1) is 18.0. The maximum atomic E-state index is 13.4. The van der Waals surface area contributed by atoms with Gasteiger partial charge < -0.3 is 0 Å². The molecule has 0 aliphatic heterocycles. The van der Waals surface area contributed by atoms with E-state index in [-0.39, 0.29) is 16.1 Å². The van der Waals surface area contributed by atoms with Gasteiger partial charge in [-0.15, -0.1) is 0 Å². The van der Waals surface area contributed by atoms with Gasteiger partial charge in [-0.25, -0.2) is 26.3 Å². The number of nitrogens with one attached hydrogen (secondary N) is 1. The van der Waals surface area contributed by atoms with Crippen molar-refractivity contribution < 1.29 is 26.4 Å². The lowest BCUT2D eigenvalue weighted by molar-refractivity contribution is 0.0982. The van der Waals surface area contributed by atoms with E-state index < -0.39 is 33.4 Å². The highest BCUT2D eigenvalue weighted by Gasteiger charge is 2.16. The molecule has 0 saturated carbocycles. The lowest BCUT2D eigenvalue weighted by Gasteiger charge is -2.05. The first-order valence-electron chi connectivity index (χ1n) is 6.33. The Kier molecular flexibility index (Phi) is 5.30. The van der Waals surface area contributed by atoms with Gasteiger partial charge in [0, 0.05) is 11.6 Å². The van der Waals surface area contributed by atoms with Crippen LogP contribution in [-0.4, -0.2) is 14.3 Å². The fourth-order valence-electron chi connectivity index (χ4n) is 1.69. The Balaban J connectivity index is 2.18. The molecule has 0 spiro atoms. The Morgan fingerprint density at radius 2 is 1.67 bits per heavy atom. The zero-order valence-corrected chi connectivity index (χ0v) is 13.3. The summed E-state index contributed by atoms with van der Waals surface area (Å²) in [7, 11) is -4.27. The molecule has 0 aliphatic carbocycles. The van der Waals surface area contributed by atoms with Crippen LogP contribution < -0.4 is 4.72 Å². The molecule has 1 amide bonds. The van der Waals surface area contributed by atoms with Crippen molar-refractivity contribution >= 4 is 33.6 Å². The smallest absolute Gasteiger partial charge is 0.266 e. The fraction of sp³-hybridized carbons (Fsp3) is 0. The van der Waals surface area contributed by atoms with E-state index in [4.69, 9.17) is 11.6 Å². The maximum absolute atomic E-state index is 13.4. The van der Waals surface area contributed by atoms with E-state index in [2.05, 4.69) is 0 Å². The van der Waals surface area contributed by atoms with Crippen molar-refractivity contribution in [1.29, 1.82) is 0 Å². The molecule has 24 heavy (non-hydrogen) atoms. The number of halogens is 4. The number of benzene rings is 2. The maximum Gasteiger partial charge on any atom is 0.266 e. The fourth-order valence-corrected chi connectivity index (χ4v) is 2.71. The number of carbonyl (C=O) groups excluding carboxylic acids is 1. The molecule has 0 heterocycles. The zero-order valence-electron chi connectivity index (χ0n) is 11.8. The Labute approximate surface area is 140 Å². The second-order valence-electron chi connectivity index (χ2n) is 4.57. The number of hydrogen-bond donors (Lipinski definition) is 1. The van der Waals surface area contributed by atoms with Crippen LogP contribution >= 0.6 is 11.6 Å². The molecule has 0 bridgehead atoms. The Morgan fingerprint density at radius 1 is 1.04 bits per heavy atom. The van der Waals surface area contributed by atoms with Crippen molar-refractivity contribution in [1.82, 2.24) is 4.72 Å². The highest BCUT2D eigenvalue weighted by atomic mass is 35.5. The summed E-state index contributed by atoms with van der Waals surface area (Å²) in [6, 6.07) is 5.39. The molecule has 9 heteroatoms. The first-order chi connectivity index (χ1) is 11.2. The molecular formula is C15H9ClF3NO3S. The molecule has 0 aromatic heterocycles. The number of amides is 1. The molecule has 0 unspecified atom stereocenters. The number of carbonyl (C=O) groups is 1. The summed E-state index contributed by atoms with van der Waals surface area (Å²) in [6.45, 7) is 0. The first-order valence-corrected chi connectivity index (χ1v) is 8.26. The molecule has 2 aromatic rings. The molecule has 1 N–H and O–H groups in total. The predicted molar refractivity (Wildman–Crippen MR) is 83.2 cm³/mol. The van der Waals surface area contributed by atoms with Crippen LogP contribution in [0.25, 0.3) is 6.08 Å². The van der Waals surface area contributed by atoms with Gasteiger partial charge in [-0.3, -0.25) is 4.79 Å². The van der Waals surface area contributed by atoms with Crippen molar-refractivity contribution in [2.45, 2.75) is 0 Å². The Morgan fingerprint density at radius 3 is 2.29 bits per heavy atom. The standard InChI is InChI=1S/C15H9ClF3NO3S/c16-13-7-10(17)3-4-12(13)15(21)20-24(22,23)6-5-9-1-2-11(18)8-14(9)19/h1-8H,(H,20,21)/b6-5+. The van der Waals surface area contributed by atoms with Crippen molar-refractivity contribution in [3.8, 4) is 0 Å². The van der Waals surface area contributed by atoms with Gasteiger partial charge in [0.15, 0.2) is 0 Å². The summed E-state index contributed by atoms with van der Waals surface area (Å²) in [5, 5.41) is 0.273. The van der Waals surface area contributed by atoms with Crippen LogP contribution in [0.15, 0.2) is 41.8 Å². The summed E-state index contributed by atoms with van der Waals surface area (Å²) < 4.78 is 64.4. The second-order valence-corrected chi connectivity index (χ2v) is 6.54. The average molecular weight is 376 g/mol. The van der Waals surface area contributed by atoms with E-state index in [0.717, 1.165) is 36.4 Å². The lowest BCUT2D eigenvalue weighted by atomic mass is 10.2. The van der Waals surface area contributed by atoms with Gasteiger partial charge in [0.25, 0.3) is 15.9 Å². The summed E-state index contributed by atoms with van der Waals surface area (Å²) >= 11 is 5.66. The Hall–Kier alpha value is -2.32. The normalized spacial score (nSPS) is 11.7. The third-order valence-electron chi connectivity index (χ3n) is 2.80. The number of rotatable bonds is 4. The third kappa shape index (κ3) is 4.59. The van der Waals surface area contributed by atoms with Crippen molar-refractivity contribution in [2.75, 3.05) is 0 Å². The average Bonchev–Trinajstić information content (AvgIpc) is 2.45. The Bertz CT molecular complexity index is 930. The lowest BCUT2D eigenvalue weighted by Crippen LogP contribution is -2.29. The summed E-state index contributed by atoms with van der Waals surface area (Å²) in [5.41, 5.74) is -0.433. The van der Waals surface area contributed by atoms with E-state index in [1.807, 2.05) is 0 Å². The summed E-state index contributed by atoms with van der Waals surface area (Å²) in [4.78, 5) is 11.9. The monoisotopic (exact) mass is 375 g/mol. The molecule has 2 aromatic carbocycles. The highest BCUT2D eigenvalue weighted by Crippen LogP contribution is 2.17. The summed E-state index contributed by atoms with van der Waals surface area (Å²) in [6.07, 6.45) is 0.858. The quantitative estimate of drug-likeness (QED) is 0.889. The van der Waals surface area contributed by atoms with Crippen molar-refractivity contribution in [3.63, 3.8) is 0 Å². The van der Waals surface area contributed by atoms with E-state index >= 15 is 0 Å². The molecule has 2 rings (SSSR count). The van der Waals surface area contributed by atoms with Crippen LogP contribution in [0.1, 0.15) is 15.9 Å². The predicted octanol–water partition coefficient (Wildman–Crippen LogP) is 3.49. The second kappa shape index (κ2) is 7.06. The molecule has 0 fully saturated rings. The van der Waals surface area contributed by atoms with Crippen LogP contribution in [0.5, 0.6) is 0 Å². The minimum Gasteiger partial charge on any atom is -0.268 e. The van der Waals surface area contributed by atoms with Gasteiger partial charge >= 0.3 is 0 Å². The molecule has 4 nitrogen and oxygen atoms in total. The SMILES string of the molecule is O=C(NS(=O)(=O)/C=C/c1ccc(F)cc1F)c1ccc(F)cc1Cl. The van der Waals surface area contributed by atoms with E-state index in [9.17, 15) is 26.4 Å². The third-order valence-corrected chi connectivity index (χ3v) is 4.08. The van der Waals surface area contributed by atoms with Gasteiger partial charge in [0.05, 0.1) is 16.0 Å². The summed E-state index contributed by atoms with van der Waals surface area (Å²) in [5.74, 6) is -3.54. The minimum atomic E-state index is -4.27. The van der Waals surface area contributed by atoms with Crippen LogP contribution in [-0.2, 0) is 10.0 Å². The van der Waals surface area contributed by atoms with Gasteiger partial charge in [0.2, 0.25) is 0 Å². The van der Waals surface area contributed by atoms with E-state index in [1.165, 1.54) is 0 Å². The van der Waals surface area contributed by atoms with E-state index in [0.29, 0.717) is 11.5 Å².